The lowest BCUT2D eigenvalue weighted by molar-refractivity contribution is 0.199. The molecule has 3 heterocycles. The molecule has 1 saturated heterocycles. The van der Waals surface area contributed by atoms with Gasteiger partial charge in [0, 0.05) is 25.8 Å². The minimum Gasteiger partial charge on any atom is -0.396 e. The number of nitrogens with one attached hydrogen (secondary N) is 1. The zero-order chi connectivity index (χ0) is 12.4. The highest BCUT2D eigenvalue weighted by Gasteiger charge is 2.21. The summed E-state index contributed by atoms with van der Waals surface area (Å²) in [5.41, 5.74) is 1.26. The van der Waals surface area contributed by atoms with Gasteiger partial charge in [-0.25, -0.2) is 4.98 Å². The summed E-state index contributed by atoms with van der Waals surface area (Å²) in [5, 5.41) is 12.6. The van der Waals surface area contributed by atoms with Gasteiger partial charge >= 0.3 is 0 Å². The van der Waals surface area contributed by atoms with E-state index in [9.17, 15) is 5.11 Å². The average Bonchev–Trinajstić information content (AvgIpc) is 2.80. The zero-order valence-corrected chi connectivity index (χ0v) is 10.9. The molecule has 0 spiro atoms. The Bertz CT molecular complexity index is 396. The van der Waals surface area contributed by atoms with E-state index < -0.39 is 0 Å². The monoisotopic (exact) mass is 249 g/mol. The third-order valence-electron chi connectivity index (χ3n) is 4.37. The number of hydrogen-bond donors (Lipinski definition) is 2. The molecular formula is C14H23N3O. The normalized spacial score (nSPS) is 25.1. The molecule has 0 amide bonds. The van der Waals surface area contributed by atoms with Gasteiger partial charge in [0.1, 0.15) is 5.82 Å². The summed E-state index contributed by atoms with van der Waals surface area (Å²) in [7, 11) is 0. The van der Waals surface area contributed by atoms with Crippen LogP contribution in [0.5, 0.6) is 0 Å². The molecule has 0 saturated carbocycles. The zero-order valence-electron chi connectivity index (χ0n) is 10.9. The summed E-state index contributed by atoms with van der Waals surface area (Å²) in [4.78, 5) is 4.77. The predicted molar refractivity (Wildman–Crippen MR) is 70.4 cm³/mol. The van der Waals surface area contributed by atoms with Crippen LogP contribution in [0.2, 0.25) is 0 Å². The topological polar surface area (TPSA) is 50.1 Å². The second-order valence-corrected chi connectivity index (χ2v) is 5.78. The fourth-order valence-corrected chi connectivity index (χ4v) is 3.19. The number of rotatable bonds is 3. The molecule has 0 aromatic carbocycles. The van der Waals surface area contributed by atoms with Crippen LogP contribution in [0.4, 0.5) is 0 Å². The molecule has 18 heavy (non-hydrogen) atoms. The van der Waals surface area contributed by atoms with Crippen molar-refractivity contribution in [3.8, 4) is 0 Å². The number of nitrogens with zero attached hydrogens (tertiary/aromatic N) is 2. The van der Waals surface area contributed by atoms with Gasteiger partial charge in [0.05, 0.1) is 5.69 Å². The van der Waals surface area contributed by atoms with Crippen molar-refractivity contribution in [2.45, 2.75) is 38.6 Å². The minimum atomic E-state index is 0.302. The smallest absolute Gasteiger partial charge is 0.109 e. The van der Waals surface area contributed by atoms with Crippen molar-refractivity contribution >= 4 is 0 Å². The van der Waals surface area contributed by atoms with Crippen LogP contribution in [-0.4, -0.2) is 34.4 Å². The molecule has 2 N–H and O–H groups in total. The summed E-state index contributed by atoms with van der Waals surface area (Å²) in [6.07, 6.45) is 7.97. The fraction of sp³-hybridized carbons (Fsp3) is 0.786. The first-order valence-electron chi connectivity index (χ1n) is 7.21. The van der Waals surface area contributed by atoms with E-state index in [1.54, 1.807) is 0 Å². The molecular weight excluding hydrogens is 226 g/mol. The van der Waals surface area contributed by atoms with Gasteiger partial charge in [0.2, 0.25) is 0 Å². The summed E-state index contributed by atoms with van der Waals surface area (Å²) >= 11 is 0. The van der Waals surface area contributed by atoms with Crippen LogP contribution in [0.15, 0.2) is 6.20 Å². The maximum atomic E-state index is 9.24. The van der Waals surface area contributed by atoms with Crippen molar-refractivity contribution in [1.29, 1.82) is 0 Å². The molecule has 1 fully saturated rings. The van der Waals surface area contributed by atoms with Crippen molar-refractivity contribution in [2.75, 3.05) is 19.7 Å². The lowest BCUT2D eigenvalue weighted by atomic mass is 9.93. The Morgan fingerprint density at radius 3 is 2.89 bits per heavy atom. The lowest BCUT2D eigenvalue weighted by Crippen LogP contribution is -2.28. The van der Waals surface area contributed by atoms with Crippen molar-refractivity contribution in [1.82, 2.24) is 14.9 Å². The minimum absolute atomic E-state index is 0.302. The molecule has 2 aliphatic heterocycles. The average molecular weight is 249 g/mol. The molecule has 3 rings (SSSR count). The molecule has 100 valence electrons. The van der Waals surface area contributed by atoms with E-state index in [1.807, 2.05) is 0 Å². The third-order valence-corrected chi connectivity index (χ3v) is 4.37. The van der Waals surface area contributed by atoms with Gasteiger partial charge in [0.15, 0.2) is 0 Å². The molecule has 1 aromatic heterocycles. The van der Waals surface area contributed by atoms with Crippen molar-refractivity contribution < 1.29 is 5.11 Å². The van der Waals surface area contributed by atoms with Gasteiger partial charge in [0.25, 0.3) is 0 Å². The molecule has 0 radical (unpaired) electrons. The number of aromatic nitrogens is 2. The van der Waals surface area contributed by atoms with E-state index in [-0.39, 0.29) is 0 Å². The van der Waals surface area contributed by atoms with Gasteiger partial charge in [-0.05, 0) is 50.6 Å². The SMILES string of the molecule is OCC1CCn2cc(CC3CCNCC3)nc2C1. The van der Waals surface area contributed by atoms with Crippen LogP contribution in [0.25, 0.3) is 0 Å². The highest BCUT2D eigenvalue weighted by Crippen LogP contribution is 2.22. The molecule has 1 aromatic rings. The van der Waals surface area contributed by atoms with E-state index in [2.05, 4.69) is 16.1 Å². The van der Waals surface area contributed by atoms with Crippen LogP contribution in [0.3, 0.4) is 0 Å². The van der Waals surface area contributed by atoms with Gasteiger partial charge in [-0.15, -0.1) is 0 Å². The maximum absolute atomic E-state index is 9.24. The maximum Gasteiger partial charge on any atom is 0.109 e. The van der Waals surface area contributed by atoms with Crippen LogP contribution >= 0.6 is 0 Å². The van der Waals surface area contributed by atoms with Crippen LogP contribution in [0.1, 0.15) is 30.8 Å². The van der Waals surface area contributed by atoms with E-state index in [1.165, 1.54) is 24.4 Å². The quantitative estimate of drug-likeness (QED) is 0.839. The molecule has 2 aliphatic rings. The highest BCUT2D eigenvalue weighted by molar-refractivity contribution is 5.08. The standard InChI is InChI=1S/C14H23N3O/c18-10-12-3-6-17-9-13(16-14(17)8-12)7-11-1-4-15-5-2-11/h9,11-12,15,18H,1-8,10H2. The second-order valence-electron chi connectivity index (χ2n) is 5.78. The number of hydrogen-bond acceptors (Lipinski definition) is 3. The van der Waals surface area contributed by atoms with E-state index in [0.29, 0.717) is 12.5 Å². The highest BCUT2D eigenvalue weighted by atomic mass is 16.3. The first kappa shape index (κ1) is 12.2. The Labute approximate surface area is 108 Å². The van der Waals surface area contributed by atoms with E-state index in [0.717, 1.165) is 44.8 Å². The number of imidazole rings is 1. The Morgan fingerprint density at radius 2 is 2.11 bits per heavy atom. The van der Waals surface area contributed by atoms with Gasteiger partial charge in [-0.2, -0.15) is 0 Å². The van der Waals surface area contributed by atoms with E-state index >= 15 is 0 Å². The summed E-state index contributed by atoms with van der Waals surface area (Å²) in [5.74, 6) is 2.41. The van der Waals surface area contributed by atoms with Crippen LogP contribution in [-0.2, 0) is 19.4 Å². The Morgan fingerprint density at radius 1 is 1.28 bits per heavy atom. The Kier molecular flexibility index (Phi) is 3.66. The largest absolute Gasteiger partial charge is 0.396 e. The van der Waals surface area contributed by atoms with Crippen molar-refractivity contribution in [2.24, 2.45) is 11.8 Å². The summed E-state index contributed by atoms with van der Waals surface area (Å²) < 4.78 is 2.29. The van der Waals surface area contributed by atoms with Gasteiger partial charge < -0.3 is 15.0 Å². The molecule has 1 unspecified atom stereocenters. The summed E-state index contributed by atoms with van der Waals surface area (Å²) in [6, 6.07) is 0. The molecule has 4 nitrogen and oxygen atoms in total. The van der Waals surface area contributed by atoms with E-state index in [4.69, 9.17) is 4.98 Å². The summed E-state index contributed by atoms with van der Waals surface area (Å²) in [6.45, 7) is 3.64. The first-order chi connectivity index (χ1) is 8.85. The number of piperidine rings is 1. The Balaban J connectivity index is 1.65. The molecule has 1 atom stereocenters. The number of fused-ring (bicyclic) bond motifs is 1. The predicted octanol–water partition coefficient (Wildman–Crippen LogP) is 0.980. The number of aliphatic hydroxyl groups is 1. The number of aryl methyl sites for hydroxylation is 1. The number of aliphatic hydroxyl groups excluding tert-OH is 1. The molecule has 0 bridgehead atoms. The van der Waals surface area contributed by atoms with Crippen LogP contribution in [0, 0.1) is 11.8 Å². The third kappa shape index (κ3) is 2.59. The molecule has 4 heteroatoms. The van der Waals surface area contributed by atoms with Gasteiger partial charge in [-0.3, -0.25) is 0 Å². The molecule has 0 aliphatic carbocycles. The van der Waals surface area contributed by atoms with Crippen LogP contribution < -0.4 is 5.32 Å². The Hall–Kier alpha value is -0.870. The first-order valence-corrected chi connectivity index (χ1v) is 7.21. The lowest BCUT2D eigenvalue weighted by Gasteiger charge is -2.21. The fourth-order valence-electron chi connectivity index (χ4n) is 3.19. The van der Waals surface area contributed by atoms with Gasteiger partial charge in [-0.1, -0.05) is 0 Å². The second kappa shape index (κ2) is 5.41. The van der Waals surface area contributed by atoms with Crippen molar-refractivity contribution in [3.05, 3.63) is 17.7 Å². The van der Waals surface area contributed by atoms with Crippen molar-refractivity contribution in [3.63, 3.8) is 0 Å².